The largest absolute Gasteiger partial charge is 0.396 e. The average molecular weight is 183 g/mol. The van der Waals surface area contributed by atoms with E-state index < -0.39 is 0 Å². The molecule has 74 valence electrons. The van der Waals surface area contributed by atoms with Gasteiger partial charge in [-0.1, -0.05) is 13.8 Å². The zero-order valence-electron chi connectivity index (χ0n) is 8.27. The summed E-state index contributed by atoms with van der Waals surface area (Å²) >= 11 is 0. The molecule has 0 fully saturated rings. The van der Waals surface area contributed by atoms with E-state index in [4.69, 9.17) is 5.11 Å². The number of aliphatic hydroxyl groups excluding tert-OH is 1. The minimum atomic E-state index is 0.200. The molecule has 0 spiro atoms. The number of hydrogen-bond acceptors (Lipinski definition) is 3. The Kier molecular flexibility index (Phi) is 3.42. The smallest absolute Gasteiger partial charge is 0.119 e. The first kappa shape index (κ1) is 10.2. The third kappa shape index (κ3) is 3.55. The molecule has 0 aliphatic rings. The molecule has 0 saturated carbocycles. The first-order chi connectivity index (χ1) is 6.14. The van der Waals surface area contributed by atoms with Gasteiger partial charge in [-0.15, -0.1) is 10.2 Å². The van der Waals surface area contributed by atoms with Crippen LogP contribution in [-0.4, -0.2) is 26.5 Å². The molecule has 1 aromatic rings. The molecule has 0 atom stereocenters. The lowest BCUT2D eigenvalue weighted by molar-refractivity contribution is 0.222. The fraction of sp³-hybridized carbons (Fsp3) is 0.778. The third-order valence-corrected chi connectivity index (χ3v) is 2.09. The maximum Gasteiger partial charge on any atom is 0.119 e. The van der Waals surface area contributed by atoms with E-state index in [9.17, 15) is 0 Å². The first-order valence-electron chi connectivity index (χ1n) is 4.57. The Labute approximate surface area is 78.6 Å². The van der Waals surface area contributed by atoms with Gasteiger partial charge in [0, 0.05) is 13.2 Å². The number of hydrogen-bond donors (Lipinski definition) is 1. The Hall–Kier alpha value is -0.900. The van der Waals surface area contributed by atoms with Crippen LogP contribution in [0.3, 0.4) is 0 Å². The van der Waals surface area contributed by atoms with E-state index >= 15 is 0 Å². The van der Waals surface area contributed by atoms with Gasteiger partial charge in [0.15, 0.2) is 0 Å². The lowest BCUT2D eigenvalue weighted by atomic mass is 9.88. The monoisotopic (exact) mass is 183 g/mol. The Balaban J connectivity index is 2.42. The van der Waals surface area contributed by atoms with E-state index in [0.29, 0.717) is 0 Å². The maximum absolute atomic E-state index is 8.72. The number of nitrogens with zero attached hydrogens (tertiary/aromatic N) is 3. The van der Waals surface area contributed by atoms with Crippen molar-refractivity contribution in [1.82, 2.24) is 14.8 Å². The van der Waals surface area contributed by atoms with Gasteiger partial charge >= 0.3 is 0 Å². The number of aromatic nitrogens is 3. The van der Waals surface area contributed by atoms with E-state index in [0.717, 1.165) is 19.4 Å². The van der Waals surface area contributed by atoms with Crippen LogP contribution in [0.1, 0.15) is 26.7 Å². The molecule has 13 heavy (non-hydrogen) atoms. The summed E-state index contributed by atoms with van der Waals surface area (Å²) in [6.07, 6.45) is 5.32. The van der Waals surface area contributed by atoms with E-state index in [2.05, 4.69) is 24.0 Å². The topological polar surface area (TPSA) is 50.9 Å². The van der Waals surface area contributed by atoms with Gasteiger partial charge in [0.2, 0.25) is 0 Å². The van der Waals surface area contributed by atoms with Crippen molar-refractivity contribution in [1.29, 1.82) is 0 Å². The highest BCUT2D eigenvalue weighted by molar-refractivity contribution is 4.72. The summed E-state index contributed by atoms with van der Waals surface area (Å²) in [5.41, 5.74) is 0.200. The van der Waals surface area contributed by atoms with Crippen LogP contribution in [0.4, 0.5) is 0 Å². The van der Waals surface area contributed by atoms with E-state index in [1.165, 1.54) is 0 Å². The van der Waals surface area contributed by atoms with Gasteiger partial charge in [-0.3, -0.25) is 0 Å². The molecule has 0 amide bonds. The molecule has 0 radical (unpaired) electrons. The van der Waals surface area contributed by atoms with Crippen molar-refractivity contribution in [3.63, 3.8) is 0 Å². The van der Waals surface area contributed by atoms with Crippen molar-refractivity contribution in [3.05, 3.63) is 12.7 Å². The lowest BCUT2D eigenvalue weighted by Crippen LogP contribution is -2.19. The lowest BCUT2D eigenvalue weighted by Gasteiger charge is -2.24. The van der Waals surface area contributed by atoms with Crippen molar-refractivity contribution in [2.45, 2.75) is 33.2 Å². The number of aliphatic hydroxyl groups is 1. The van der Waals surface area contributed by atoms with Gasteiger partial charge in [-0.25, -0.2) is 0 Å². The Morgan fingerprint density at radius 3 is 2.46 bits per heavy atom. The predicted octanol–water partition coefficient (Wildman–Crippen LogP) is 1.08. The minimum Gasteiger partial charge on any atom is -0.396 e. The second kappa shape index (κ2) is 4.37. The molecular formula is C9H17N3O. The summed E-state index contributed by atoms with van der Waals surface area (Å²) in [4.78, 5) is 0. The predicted molar refractivity (Wildman–Crippen MR) is 50.1 cm³/mol. The molecule has 0 bridgehead atoms. The fourth-order valence-electron chi connectivity index (χ4n) is 1.43. The van der Waals surface area contributed by atoms with Crippen LogP contribution in [0.2, 0.25) is 0 Å². The summed E-state index contributed by atoms with van der Waals surface area (Å²) in [5, 5.41) is 16.2. The summed E-state index contributed by atoms with van der Waals surface area (Å²) < 4.78 is 1.97. The summed E-state index contributed by atoms with van der Waals surface area (Å²) in [6.45, 7) is 5.54. The van der Waals surface area contributed by atoms with Crippen LogP contribution in [0, 0.1) is 5.41 Å². The fourth-order valence-corrected chi connectivity index (χ4v) is 1.43. The van der Waals surface area contributed by atoms with Crippen molar-refractivity contribution >= 4 is 0 Å². The number of rotatable bonds is 5. The van der Waals surface area contributed by atoms with Crippen LogP contribution >= 0.6 is 0 Å². The average Bonchev–Trinajstić information content (AvgIpc) is 2.52. The van der Waals surface area contributed by atoms with Crippen LogP contribution < -0.4 is 0 Å². The quantitative estimate of drug-likeness (QED) is 0.743. The molecule has 1 heterocycles. The van der Waals surface area contributed by atoms with E-state index in [1.54, 1.807) is 12.7 Å². The molecule has 1 N–H and O–H groups in total. The van der Waals surface area contributed by atoms with Crippen LogP contribution in [0.25, 0.3) is 0 Å². The normalized spacial score (nSPS) is 11.9. The van der Waals surface area contributed by atoms with Crippen LogP contribution in [0.5, 0.6) is 0 Å². The Bertz CT molecular complexity index is 231. The highest BCUT2D eigenvalue weighted by atomic mass is 16.2. The van der Waals surface area contributed by atoms with E-state index in [-0.39, 0.29) is 12.0 Å². The van der Waals surface area contributed by atoms with E-state index in [1.807, 2.05) is 4.57 Å². The standard InChI is InChI=1S/C9H17N3O/c1-9(2,4-3-5-13)6-12-7-10-11-8-12/h7-8,13H,3-6H2,1-2H3. The molecule has 0 aliphatic carbocycles. The van der Waals surface area contributed by atoms with Gasteiger partial charge in [0.1, 0.15) is 12.7 Å². The molecule has 1 aromatic heterocycles. The Morgan fingerprint density at radius 2 is 1.92 bits per heavy atom. The minimum absolute atomic E-state index is 0.200. The maximum atomic E-state index is 8.72. The zero-order valence-corrected chi connectivity index (χ0v) is 8.27. The first-order valence-corrected chi connectivity index (χ1v) is 4.57. The highest BCUT2D eigenvalue weighted by Gasteiger charge is 2.17. The van der Waals surface area contributed by atoms with Crippen LogP contribution in [0.15, 0.2) is 12.7 Å². The van der Waals surface area contributed by atoms with Gasteiger partial charge in [0.25, 0.3) is 0 Å². The van der Waals surface area contributed by atoms with Gasteiger partial charge in [0.05, 0.1) is 0 Å². The third-order valence-electron chi connectivity index (χ3n) is 2.09. The molecule has 1 rings (SSSR count). The molecule has 0 aliphatic heterocycles. The summed E-state index contributed by atoms with van der Waals surface area (Å²) in [7, 11) is 0. The molecule has 0 unspecified atom stereocenters. The van der Waals surface area contributed by atoms with Crippen molar-refractivity contribution in [2.75, 3.05) is 6.61 Å². The van der Waals surface area contributed by atoms with Crippen molar-refractivity contribution in [2.24, 2.45) is 5.41 Å². The van der Waals surface area contributed by atoms with Gasteiger partial charge < -0.3 is 9.67 Å². The molecular weight excluding hydrogens is 166 g/mol. The Morgan fingerprint density at radius 1 is 1.31 bits per heavy atom. The van der Waals surface area contributed by atoms with Crippen molar-refractivity contribution in [3.8, 4) is 0 Å². The summed E-state index contributed by atoms with van der Waals surface area (Å²) in [5.74, 6) is 0. The second-order valence-electron chi connectivity index (χ2n) is 4.13. The highest BCUT2D eigenvalue weighted by Crippen LogP contribution is 2.23. The molecule has 0 aromatic carbocycles. The van der Waals surface area contributed by atoms with Gasteiger partial charge in [-0.2, -0.15) is 0 Å². The molecule has 4 heteroatoms. The molecule has 0 saturated heterocycles. The summed E-state index contributed by atoms with van der Waals surface area (Å²) in [6, 6.07) is 0. The van der Waals surface area contributed by atoms with Gasteiger partial charge in [-0.05, 0) is 18.3 Å². The second-order valence-corrected chi connectivity index (χ2v) is 4.13. The zero-order chi connectivity index (χ0) is 9.73. The van der Waals surface area contributed by atoms with Crippen molar-refractivity contribution < 1.29 is 5.11 Å². The SMILES string of the molecule is CC(C)(CCCO)Cn1cnnc1. The molecule has 4 nitrogen and oxygen atoms in total. The van der Waals surface area contributed by atoms with Crippen LogP contribution in [-0.2, 0) is 6.54 Å².